The summed E-state index contributed by atoms with van der Waals surface area (Å²) in [6.07, 6.45) is 0. The lowest BCUT2D eigenvalue weighted by Crippen LogP contribution is -2.30. The molecule has 0 fully saturated rings. The Morgan fingerprint density at radius 3 is 2.41 bits per heavy atom. The second-order valence-electron chi connectivity index (χ2n) is 5.94. The maximum absolute atomic E-state index is 13.6. The Labute approximate surface area is 165 Å². The van der Waals surface area contributed by atoms with E-state index in [4.69, 9.17) is 9.47 Å². The van der Waals surface area contributed by atoms with E-state index in [0.717, 1.165) is 17.7 Å². The SMILES string of the molecule is COc1cc(C(=O)NNc2ccc(F)c(F)c2F)ccc1OCc1ccccc1. The minimum atomic E-state index is -1.63. The summed E-state index contributed by atoms with van der Waals surface area (Å²) in [7, 11) is 1.43. The molecule has 0 spiro atoms. The highest BCUT2D eigenvalue weighted by Crippen LogP contribution is 2.29. The van der Waals surface area contributed by atoms with Crippen LogP contribution in [0.1, 0.15) is 15.9 Å². The van der Waals surface area contributed by atoms with Crippen molar-refractivity contribution in [3.05, 3.63) is 89.2 Å². The van der Waals surface area contributed by atoms with Gasteiger partial charge in [0.1, 0.15) is 6.61 Å². The van der Waals surface area contributed by atoms with Crippen molar-refractivity contribution in [1.29, 1.82) is 0 Å². The molecule has 1 amide bonds. The number of hydrogen-bond acceptors (Lipinski definition) is 4. The third-order valence-corrected chi connectivity index (χ3v) is 4.01. The lowest BCUT2D eigenvalue weighted by atomic mass is 10.2. The quantitative estimate of drug-likeness (QED) is 0.453. The number of ether oxygens (including phenoxy) is 2. The van der Waals surface area contributed by atoms with Gasteiger partial charge in [-0.25, -0.2) is 13.2 Å². The number of carbonyl (C=O) groups excluding carboxylic acids is 1. The van der Waals surface area contributed by atoms with Crippen molar-refractivity contribution in [1.82, 2.24) is 5.43 Å². The van der Waals surface area contributed by atoms with Gasteiger partial charge in [-0.05, 0) is 35.9 Å². The first kappa shape index (κ1) is 20.1. The van der Waals surface area contributed by atoms with Crippen LogP contribution < -0.4 is 20.3 Å². The van der Waals surface area contributed by atoms with Crippen molar-refractivity contribution in [3.8, 4) is 11.5 Å². The van der Waals surface area contributed by atoms with Crippen molar-refractivity contribution in [2.75, 3.05) is 12.5 Å². The van der Waals surface area contributed by atoms with Crippen LogP contribution in [0.15, 0.2) is 60.7 Å². The minimum absolute atomic E-state index is 0.185. The topological polar surface area (TPSA) is 59.6 Å². The molecule has 0 saturated heterocycles. The van der Waals surface area contributed by atoms with Crippen molar-refractivity contribution in [2.24, 2.45) is 0 Å². The third-order valence-electron chi connectivity index (χ3n) is 4.01. The van der Waals surface area contributed by atoms with E-state index in [-0.39, 0.29) is 5.56 Å². The fraction of sp³-hybridized carbons (Fsp3) is 0.0952. The van der Waals surface area contributed by atoms with Gasteiger partial charge >= 0.3 is 0 Å². The molecule has 2 N–H and O–H groups in total. The van der Waals surface area contributed by atoms with Gasteiger partial charge in [-0.1, -0.05) is 30.3 Å². The summed E-state index contributed by atoms with van der Waals surface area (Å²) in [5.41, 5.74) is 5.18. The third kappa shape index (κ3) is 4.78. The molecule has 0 aromatic heterocycles. The molecule has 3 aromatic rings. The molecule has 29 heavy (non-hydrogen) atoms. The number of hydrogen-bond donors (Lipinski definition) is 2. The molecule has 3 rings (SSSR count). The first-order chi connectivity index (χ1) is 14.0. The number of benzene rings is 3. The average molecular weight is 402 g/mol. The van der Waals surface area contributed by atoms with Crippen LogP contribution in [-0.2, 0) is 6.61 Å². The summed E-state index contributed by atoms with van der Waals surface area (Å²) in [6, 6.07) is 15.7. The molecule has 0 radical (unpaired) electrons. The molecule has 0 saturated carbocycles. The van der Waals surface area contributed by atoms with Gasteiger partial charge in [0.2, 0.25) is 0 Å². The number of halogens is 3. The lowest BCUT2D eigenvalue weighted by Gasteiger charge is -2.13. The Hall–Kier alpha value is -3.68. The maximum Gasteiger partial charge on any atom is 0.269 e. The molecule has 150 valence electrons. The van der Waals surface area contributed by atoms with Gasteiger partial charge < -0.3 is 9.47 Å². The normalized spacial score (nSPS) is 10.3. The van der Waals surface area contributed by atoms with E-state index in [2.05, 4.69) is 10.9 Å². The van der Waals surface area contributed by atoms with E-state index in [1.165, 1.54) is 19.2 Å². The van der Waals surface area contributed by atoms with Gasteiger partial charge in [0.25, 0.3) is 5.91 Å². The van der Waals surface area contributed by atoms with Crippen LogP contribution in [0.2, 0.25) is 0 Å². The highest BCUT2D eigenvalue weighted by molar-refractivity contribution is 5.95. The summed E-state index contributed by atoms with van der Waals surface area (Å²) in [5, 5.41) is 0. The van der Waals surface area contributed by atoms with Crippen LogP contribution in [0.25, 0.3) is 0 Å². The Kier molecular flexibility index (Phi) is 6.23. The molecule has 0 atom stereocenters. The van der Waals surface area contributed by atoms with Gasteiger partial charge in [0.15, 0.2) is 29.0 Å². The van der Waals surface area contributed by atoms with Gasteiger partial charge in [-0.2, -0.15) is 0 Å². The molecule has 0 aliphatic heterocycles. The number of rotatable bonds is 7. The summed E-state index contributed by atoms with van der Waals surface area (Å²) in [6.45, 7) is 0.319. The smallest absolute Gasteiger partial charge is 0.269 e. The Bertz CT molecular complexity index is 1010. The fourth-order valence-corrected chi connectivity index (χ4v) is 2.48. The van der Waals surface area contributed by atoms with Gasteiger partial charge in [0.05, 0.1) is 12.8 Å². The van der Waals surface area contributed by atoms with Crippen molar-refractivity contribution in [2.45, 2.75) is 6.61 Å². The van der Waals surface area contributed by atoms with Gasteiger partial charge in [0, 0.05) is 5.56 Å². The molecule has 3 aromatic carbocycles. The number of anilines is 1. The summed E-state index contributed by atoms with van der Waals surface area (Å²) >= 11 is 0. The van der Waals surface area contributed by atoms with Crippen LogP contribution in [0.5, 0.6) is 11.5 Å². The zero-order valence-corrected chi connectivity index (χ0v) is 15.3. The average Bonchev–Trinajstić information content (AvgIpc) is 2.76. The predicted octanol–water partition coefficient (Wildman–Crippen LogP) is 4.45. The van der Waals surface area contributed by atoms with Crippen LogP contribution in [0.3, 0.4) is 0 Å². The van der Waals surface area contributed by atoms with Crippen LogP contribution in [-0.4, -0.2) is 13.0 Å². The highest BCUT2D eigenvalue weighted by Gasteiger charge is 2.15. The van der Waals surface area contributed by atoms with Crippen molar-refractivity contribution >= 4 is 11.6 Å². The Balaban J connectivity index is 1.67. The predicted molar refractivity (Wildman–Crippen MR) is 101 cm³/mol. The molecular weight excluding hydrogens is 385 g/mol. The summed E-state index contributed by atoms with van der Waals surface area (Å²) < 4.78 is 50.8. The maximum atomic E-state index is 13.6. The highest BCUT2D eigenvalue weighted by atomic mass is 19.2. The van der Waals surface area contributed by atoms with Gasteiger partial charge in [-0.15, -0.1) is 0 Å². The monoisotopic (exact) mass is 402 g/mol. The summed E-state index contributed by atoms with van der Waals surface area (Å²) in [4.78, 5) is 12.3. The molecule has 5 nitrogen and oxygen atoms in total. The van der Waals surface area contributed by atoms with Crippen LogP contribution >= 0.6 is 0 Å². The van der Waals surface area contributed by atoms with Crippen LogP contribution in [0.4, 0.5) is 18.9 Å². The minimum Gasteiger partial charge on any atom is -0.493 e. The molecule has 0 aliphatic rings. The van der Waals surface area contributed by atoms with Crippen molar-refractivity contribution in [3.63, 3.8) is 0 Å². The van der Waals surface area contributed by atoms with E-state index >= 15 is 0 Å². The van der Waals surface area contributed by atoms with Crippen LogP contribution in [0, 0.1) is 17.5 Å². The first-order valence-corrected chi connectivity index (χ1v) is 8.54. The van der Waals surface area contributed by atoms with E-state index in [9.17, 15) is 18.0 Å². The molecule has 0 heterocycles. The largest absolute Gasteiger partial charge is 0.493 e. The van der Waals surface area contributed by atoms with Crippen molar-refractivity contribution < 1.29 is 27.4 Å². The summed E-state index contributed by atoms with van der Waals surface area (Å²) in [5.74, 6) is -4.27. The number of amides is 1. The van der Waals surface area contributed by atoms with E-state index in [0.29, 0.717) is 18.1 Å². The molecule has 0 bridgehead atoms. The molecular formula is C21H17F3N2O3. The van der Waals surface area contributed by atoms with E-state index in [1.54, 1.807) is 6.07 Å². The zero-order valence-electron chi connectivity index (χ0n) is 15.3. The number of nitrogens with one attached hydrogen (secondary N) is 2. The second-order valence-corrected chi connectivity index (χ2v) is 5.94. The number of hydrazine groups is 1. The Morgan fingerprint density at radius 1 is 0.931 bits per heavy atom. The Morgan fingerprint density at radius 2 is 1.69 bits per heavy atom. The standard InChI is InChI=1S/C21H17F3N2O3/c1-28-18-11-14(7-10-17(18)29-12-13-5-3-2-4-6-13)21(27)26-25-16-9-8-15(22)19(23)20(16)24/h2-11,25H,12H2,1H3,(H,26,27). The fourth-order valence-electron chi connectivity index (χ4n) is 2.48. The molecule has 0 unspecified atom stereocenters. The first-order valence-electron chi connectivity index (χ1n) is 8.54. The number of methoxy groups -OCH3 is 1. The number of carbonyl (C=O) groups is 1. The lowest BCUT2D eigenvalue weighted by molar-refractivity contribution is 0.0962. The van der Waals surface area contributed by atoms with Gasteiger partial charge in [-0.3, -0.25) is 15.6 Å². The molecule has 8 heteroatoms. The second kappa shape index (κ2) is 9.01. The van der Waals surface area contributed by atoms with E-state index in [1.807, 2.05) is 30.3 Å². The van der Waals surface area contributed by atoms with E-state index < -0.39 is 29.0 Å². The molecule has 0 aliphatic carbocycles. The zero-order chi connectivity index (χ0) is 20.8.